The fraction of sp³-hybridized carbons (Fsp3) is 0.423. The molecule has 3 heterocycles. The van der Waals surface area contributed by atoms with Gasteiger partial charge >= 0.3 is 12.4 Å². The van der Waals surface area contributed by atoms with E-state index in [2.05, 4.69) is 27.3 Å². The van der Waals surface area contributed by atoms with Gasteiger partial charge in [-0.2, -0.15) is 31.0 Å². The molecule has 0 unspecified atom stereocenters. The van der Waals surface area contributed by atoms with Crippen LogP contribution in [0.3, 0.4) is 0 Å². The minimum atomic E-state index is -5.09. The number of hydrogen-bond donors (Lipinski definition) is 1. The summed E-state index contributed by atoms with van der Waals surface area (Å²) in [5.74, 6) is -0.105. The summed E-state index contributed by atoms with van der Waals surface area (Å²) in [5, 5.41) is 6.63. The maximum Gasteiger partial charge on any atom is 0.416 e. The molecule has 1 fully saturated rings. The molecule has 1 saturated heterocycles. The third kappa shape index (κ3) is 6.42. The van der Waals surface area contributed by atoms with Gasteiger partial charge in [-0.05, 0) is 62.9 Å². The molecule has 1 N–H and O–H groups in total. The lowest BCUT2D eigenvalue weighted by Crippen LogP contribution is -2.37. The number of alkyl halides is 6. The van der Waals surface area contributed by atoms with Gasteiger partial charge in [-0.3, -0.25) is 9.59 Å². The molecule has 3 aromatic rings. The van der Waals surface area contributed by atoms with Gasteiger partial charge < -0.3 is 10.2 Å². The molecule has 0 bridgehead atoms. The quantitative estimate of drug-likeness (QED) is 0.418. The van der Waals surface area contributed by atoms with Crippen molar-refractivity contribution in [1.82, 2.24) is 30.0 Å². The normalized spacial score (nSPS) is 15.7. The fourth-order valence-electron chi connectivity index (χ4n) is 4.34. The zero-order chi connectivity index (χ0) is 29.4. The highest BCUT2D eigenvalue weighted by molar-refractivity contribution is 5.95. The van der Waals surface area contributed by atoms with E-state index in [9.17, 15) is 35.9 Å². The molecular formula is C26H26F6N6O2. The summed E-state index contributed by atoms with van der Waals surface area (Å²) in [6.07, 6.45) is -6.96. The number of aromatic nitrogens is 4. The number of carbonyl (C=O) groups excluding carboxylic acids is 2. The highest BCUT2D eigenvalue weighted by Crippen LogP contribution is 2.36. The fourth-order valence-corrected chi connectivity index (χ4v) is 4.34. The Bertz CT molecular complexity index is 1360. The van der Waals surface area contributed by atoms with Crippen molar-refractivity contribution in [2.75, 3.05) is 13.1 Å². The number of amides is 2. The third-order valence-corrected chi connectivity index (χ3v) is 6.61. The highest BCUT2D eigenvalue weighted by Gasteiger charge is 2.37. The standard InChI is InChI=1S/C26H26F6N6O2/c1-14-6-8-37(9-7-14)24(40)17-4-5-21(33-13-17)38-22(35-16(3)36-38)15(2)34-23(39)18-10-19(25(27,28)29)12-20(11-18)26(30,31)32/h4-5,10-15H,6-9H2,1-3H3,(H,34,39)/t15-/m0/s1. The Balaban J connectivity index is 1.55. The Morgan fingerprint density at radius 3 is 2.10 bits per heavy atom. The topological polar surface area (TPSA) is 93.0 Å². The predicted molar refractivity (Wildman–Crippen MR) is 131 cm³/mol. The van der Waals surface area contributed by atoms with Crippen LogP contribution in [0.25, 0.3) is 5.82 Å². The summed E-state index contributed by atoms with van der Waals surface area (Å²) in [7, 11) is 0. The molecule has 1 aromatic carbocycles. The molecule has 40 heavy (non-hydrogen) atoms. The van der Waals surface area contributed by atoms with Crippen LogP contribution in [0.15, 0.2) is 36.5 Å². The van der Waals surface area contributed by atoms with Gasteiger partial charge in [0.25, 0.3) is 11.8 Å². The van der Waals surface area contributed by atoms with Gasteiger partial charge in [-0.1, -0.05) is 6.92 Å². The maximum absolute atomic E-state index is 13.2. The van der Waals surface area contributed by atoms with Gasteiger partial charge in [0.2, 0.25) is 0 Å². The number of carbonyl (C=O) groups is 2. The van der Waals surface area contributed by atoms with E-state index in [0.29, 0.717) is 36.7 Å². The molecule has 1 aliphatic heterocycles. The summed E-state index contributed by atoms with van der Waals surface area (Å²) >= 11 is 0. The number of nitrogens with one attached hydrogen (secondary N) is 1. The largest absolute Gasteiger partial charge is 0.416 e. The van der Waals surface area contributed by atoms with E-state index in [1.54, 1.807) is 17.9 Å². The van der Waals surface area contributed by atoms with Crippen LogP contribution < -0.4 is 5.32 Å². The molecule has 4 rings (SSSR count). The van der Waals surface area contributed by atoms with Gasteiger partial charge in [0, 0.05) is 24.8 Å². The van der Waals surface area contributed by atoms with Gasteiger partial charge in [0.05, 0.1) is 22.7 Å². The molecule has 1 aliphatic rings. The predicted octanol–water partition coefficient (Wildman–Crippen LogP) is 5.37. The SMILES string of the molecule is Cc1nc([C@H](C)NC(=O)c2cc(C(F)(F)F)cc(C(F)(F)F)c2)n(-c2ccc(C(=O)N3CCC(C)CC3)cn2)n1. The summed E-state index contributed by atoms with van der Waals surface area (Å²) in [6, 6.07) is 2.78. The second kappa shape index (κ2) is 10.9. The first-order valence-electron chi connectivity index (χ1n) is 12.4. The molecule has 0 saturated carbocycles. The van der Waals surface area contributed by atoms with Gasteiger partial charge in [0.1, 0.15) is 5.82 Å². The van der Waals surface area contributed by atoms with Crippen molar-refractivity contribution in [3.8, 4) is 5.82 Å². The smallest absolute Gasteiger partial charge is 0.342 e. The number of hydrogen-bond acceptors (Lipinski definition) is 5. The lowest BCUT2D eigenvalue weighted by molar-refractivity contribution is -0.143. The molecule has 0 radical (unpaired) electrons. The van der Waals surface area contributed by atoms with Gasteiger partial charge in [-0.25, -0.2) is 9.97 Å². The molecular weight excluding hydrogens is 542 g/mol. The molecule has 1 atom stereocenters. The monoisotopic (exact) mass is 568 g/mol. The third-order valence-electron chi connectivity index (χ3n) is 6.61. The van der Waals surface area contributed by atoms with Crippen LogP contribution >= 0.6 is 0 Å². The van der Waals surface area contributed by atoms with Crippen LogP contribution in [0.5, 0.6) is 0 Å². The number of aryl methyl sites for hydroxylation is 1. The van der Waals surface area contributed by atoms with E-state index in [-0.39, 0.29) is 29.4 Å². The molecule has 2 aromatic heterocycles. The van der Waals surface area contributed by atoms with Crippen molar-refractivity contribution in [3.63, 3.8) is 0 Å². The van der Waals surface area contributed by atoms with Crippen molar-refractivity contribution < 1.29 is 35.9 Å². The second-order valence-electron chi connectivity index (χ2n) is 9.80. The van der Waals surface area contributed by atoms with Crippen molar-refractivity contribution in [2.45, 2.75) is 52.0 Å². The first-order chi connectivity index (χ1) is 18.6. The summed E-state index contributed by atoms with van der Waals surface area (Å²) in [5.41, 5.74) is -3.64. The number of nitrogens with zero attached hydrogens (tertiary/aromatic N) is 5. The zero-order valence-electron chi connectivity index (χ0n) is 21.8. The van der Waals surface area contributed by atoms with E-state index < -0.39 is 41.0 Å². The minimum absolute atomic E-state index is 0.0495. The Hall–Kier alpha value is -3.97. The number of piperidine rings is 1. The average Bonchev–Trinajstić information content (AvgIpc) is 3.29. The maximum atomic E-state index is 13.2. The van der Waals surface area contributed by atoms with Gasteiger partial charge in [0.15, 0.2) is 11.6 Å². The van der Waals surface area contributed by atoms with E-state index >= 15 is 0 Å². The average molecular weight is 569 g/mol. The van der Waals surface area contributed by atoms with Crippen LogP contribution in [0, 0.1) is 12.8 Å². The van der Waals surface area contributed by atoms with Crippen LogP contribution in [0.1, 0.15) is 76.2 Å². The molecule has 214 valence electrons. The molecule has 0 spiro atoms. The number of pyridine rings is 1. The van der Waals surface area contributed by atoms with E-state index in [1.807, 2.05) is 0 Å². The van der Waals surface area contributed by atoms with Crippen LogP contribution in [0.4, 0.5) is 26.3 Å². The van der Waals surface area contributed by atoms with Crippen molar-refractivity contribution in [1.29, 1.82) is 0 Å². The Kier molecular flexibility index (Phi) is 7.90. The van der Waals surface area contributed by atoms with Crippen LogP contribution in [-0.2, 0) is 12.4 Å². The van der Waals surface area contributed by atoms with Crippen LogP contribution in [-0.4, -0.2) is 49.6 Å². The minimum Gasteiger partial charge on any atom is -0.342 e. The first-order valence-corrected chi connectivity index (χ1v) is 12.4. The summed E-state index contributed by atoms with van der Waals surface area (Å²) < 4.78 is 80.6. The molecule has 0 aliphatic carbocycles. The van der Waals surface area contributed by atoms with Crippen molar-refractivity contribution in [3.05, 3.63) is 70.4 Å². The first kappa shape index (κ1) is 29.0. The lowest BCUT2D eigenvalue weighted by atomic mass is 9.99. The van der Waals surface area contributed by atoms with E-state index in [1.165, 1.54) is 23.9 Å². The van der Waals surface area contributed by atoms with E-state index in [0.717, 1.165) is 12.8 Å². The number of likely N-dealkylation sites (tertiary alicyclic amines) is 1. The highest BCUT2D eigenvalue weighted by atomic mass is 19.4. The zero-order valence-corrected chi connectivity index (χ0v) is 21.8. The lowest BCUT2D eigenvalue weighted by Gasteiger charge is -2.30. The summed E-state index contributed by atoms with van der Waals surface area (Å²) in [6.45, 7) is 6.46. The number of rotatable bonds is 5. The Labute approximate surface area is 225 Å². The molecule has 14 heteroatoms. The molecule has 8 nitrogen and oxygen atoms in total. The van der Waals surface area contributed by atoms with E-state index in [4.69, 9.17) is 0 Å². The van der Waals surface area contributed by atoms with Gasteiger partial charge in [-0.15, -0.1) is 5.10 Å². The Morgan fingerprint density at radius 2 is 1.57 bits per heavy atom. The van der Waals surface area contributed by atoms with Crippen molar-refractivity contribution in [2.24, 2.45) is 5.92 Å². The Morgan fingerprint density at radius 1 is 0.975 bits per heavy atom. The van der Waals surface area contributed by atoms with Crippen LogP contribution in [0.2, 0.25) is 0 Å². The second-order valence-corrected chi connectivity index (χ2v) is 9.80. The number of halogens is 6. The molecule has 2 amide bonds. The summed E-state index contributed by atoms with van der Waals surface area (Å²) in [4.78, 5) is 35.9. The number of benzene rings is 1. The van der Waals surface area contributed by atoms with Crippen molar-refractivity contribution >= 4 is 11.8 Å².